The van der Waals surface area contributed by atoms with Crippen molar-refractivity contribution < 1.29 is 4.79 Å². The minimum atomic E-state index is 0.280. The molecule has 1 aromatic rings. The molecule has 0 unspecified atom stereocenters. The zero-order chi connectivity index (χ0) is 8.97. The smallest absolute Gasteiger partial charge is 0.136 e. The molecule has 12 heavy (non-hydrogen) atoms. The molecule has 0 atom stereocenters. The number of ketones is 1. The molecule has 0 aromatic heterocycles. The Labute approximate surface area is 78.2 Å². The quantitative estimate of drug-likeness (QED) is 0.707. The van der Waals surface area contributed by atoms with E-state index >= 15 is 0 Å². The largest absolute Gasteiger partial charge is 0.299 e. The number of carbonyl (C=O) groups is 1. The number of hydrogen-bond donors (Lipinski definition) is 1. The number of Topliss-reactive ketones (excluding diaryl/α,β-unsaturated/α-hetero) is 1. The molecule has 0 N–H and O–H groups in total. The van der Waals surface area contributed by atoms with Crippen molar-refractivity contribution in [1.82, 2.24) is 0 Å². The third-order valence-corrected chi connectivity index (χ3v) is 2.03. The highest BCUT2D eigenvalue weighted by Gasteiger charge is 1.99. The number of carbonyl (C=O) groups excluding carboxylic acids is 1. The van der Waals surface area contributed by atoms with Gasteiger partial charge in [-0.3, -0.25) is 4.79 Å². The van der Waals surface area contributed by atoms with E-state index in [1.54, 1.807) is 0 Å². The summed E-state index contributed by atoms with van der Waals surface area (Å²) in [6, 6.07) is 7.69. The van der Waals surface area contributed by atoms with Gasteiger partial charge in [0.25, 0.3) is 0 Å². The number of rotatable bonds is 3. The highest BCUT2D eigenvalue weighted by atomic mass is 32.1. The molecule has 0 spiro atoms. The maximum Gasteiger partial charge on any atom is 0.136 e. The van der Waals surface area contributed by atoms with Crippen molar-refractivity contribution in [3.63, 3.8) is 0 Å². The number of benzene rings is 1. The number of thiol groups is 1. The topological polar surface area (TPSA) is 17.1 Å². The molecular weight excluding hydrogens is 168 g/mol. The van der Waals surface area contributed by atoms with E-state index in [1.165, 1.54) is 0 Å². The van der Waals surface area contributed by atoms with Crippen LogP contribution in [0.25, 0.3) is 0 Å². The third-order valence-electron chi connectivity index (χ3n) is 1.73. The predicted octanol–water partition coefficient (Wildman–Crippen LogP) is 2.50. The first-order chi connectivity index (χ1) is 5.72. The summed E-state index contributed by atoms with van der Waals surface area (Å²) in [5, 5.41) is 0. The van der Waals surface area contributed by atoms with Gasteiger partial charge in [0.2, 0.25) is 0 Å². The molecular formula is C10H12OS. The fourth-order valence-electron chi connectivity index (χ4n) is 0.966. The van der Waals surface area contributed by atoms with Crippen LogP contribution < -0.4 is 0 Å². The summed E-state index contributed by atoms with van der Waals surface area (Å²) in [6.07, 6.45) is 1.16. The van der Waals surface area contributed by atoms with E-state index < -0.39 is 0 Å². The molecule has 0 heterocycles. The molecule has 1 rings (SSSR count). The molecule has 1 aromatic carbocycles. The Balaban J connectivity index is 2.64. The zero-order valence-corrected chi connectivity index (χ0v) is 7.97. The monoisotopic (exact) mass is 180 g/mol. The summed E-state index contributed by atoms with van der Waals surface area (Å²) >= 11 is 4.16. The molecule has 0 saturated heterocycles. The second-order valence-electron chi connectivity index (χ2n) is 2.74. The lowest BCUT2D eigenvalue weighted by Crippen LogP contribution is -1.99. The summed E-state index contributed by atoms with van der Waals surface area (Å²) in [4.78, 5) is 12.0. The van der Waals surface area contributed by atoms with Crippen molar-refractivity contribution in [2.45, 2.75) is 24.7 Å². The lowest BCUT2D eigenvalue weighted by atomic mass is 10.1. The van der Waals surface area contributed by atoms with Crippen molar-refractivity contribution in [3.8, 4) is 0 Å². The van der Waals surface area contributed by atoms with Crippen LogP contribution in [0.4, 0.5) is 0 Å². The van der Waals surface area contributed by atoms with Gasteiger partial charge in [0, 0.05) is 17.7 Å². The minimum absolute atomic E-state index is 0.280. The van der Waals surface area contributed by atoms with Crippen LogP contribution >= 0.6 is 12.6 Å². The molecule has 0 bridgehead atoms. The van der Waals surface area contributed by atoms with Crippen molar-refractivity contribution in [1.29, 1.82) is 0 Å². The Morgan fingerprint density at radius 3 is 2.42 bits per heavy atom. The van der Waals surface area contributed by atoms with Crippen molar-refractivity contribution in [2.24, 2.45) is 0 Å². The maximum absolute atomic E-state index is 11.0. The Hall–Kier alpha value is -0.760. The van der Waals surface area contributed by atoms with Crippen LogP contribution in [-0.4, -0.2) is 5.78 Å². The van der Waals surface area contributed by atoms with E-state index in [9.17, 15) is 4.79 Å². The van der Waals surface area contributed by atoms with Crippen LogP contribution in [0.15, 0.2) is 29.2 Å². The van der Waals surface area contributed by atoms with Crippen LogP contribution in [0.3, 0.4) is 0 Å². The van der Waals surface area contributed by atoms with E-state index in [2.05, 4.69) is 12.6 Å². The molecule has 1 nitrogen and oxygen atoms in total. The molecule has 0 saturated carbocycles. The van der Waals surface area contributed by atoms with Crippen molar-refractivity contribution in [3.05, 3.63) is 29.8 Å². The summed E-state index contributed by atoms with van der Waals surface area (Å²) in [7, 11) is 0. The summed E-state index contributed by atoms with van der Waals surface area (Å²) in [5.41, 5.74) is 1.07. The van der Waals surface area contributed by atoms with E-state index in [0.717, 1.165) is 10.5 Å². The summed E-state index contributed by atoms with van der Waals surface area (Å²) in [6.45, 7) is 1.88. The molecule has 0 aliphatic rings. The van der Waals surface area contributed by atoms with Crippen LogP contribution in [0.5, 0.6) is 0 Å². The molecule has 64 valence electrons. The third kappa shape index (κ3) is 2.70. The van der Waals surface area contributed by atoms with Crippen LogP contribution in [0, 0.1) is 0 Å². The zero-order valence-electron chi connectivity index (χ0n) is 7.08. The van der Waals surface area contributed by atoms with E-state index in [1.807, 2.05) is 31.2 Å². The molecule has 0 aliphatic carbocycles. The maximum atomic E-state index is 11.0. The van der Waals surface area contributed by atoms with Crippen molar-refractivity contribution >= 4 is 18.4 Å². The van der Waals surface area contributed by atoms with Crippen LogP contribution in [-0.2, 0) is 11.2 Å². The summed E-state index contributed by atoms with van der Waals surface area (Å²) < 4.78 is 0. The molecule has 2 heteroatoms. The highest BCUT2D eigenvalue weighted by molar-refractivity contribution is 7.80. The number of hydrogen-bond acceptors (Lipinski definition) is 2. The van der Waals surface area contributed by atoms with Gasteiger partial charge < -0.3 is 0 Å². The fraction of sp³-hybridized carbons (Fsp3) is 0.300. The summed E-state index contributed by atoms with van der Waals surface area (Å²) in [5.74, 6) is 0.280. The van der Waals surface area contributed by atoms with Gasteiger partial charge in [-0.05, 0) is 17.7 Å². The first-order valence-corrected chi connectivity index (χ1v) is 4.46. The lowest BCUT2D eigenvalue weighted by molar-refractivity contribution is -0.118. The van der Waals surface area contributed by atoms with Gasteiger partial charge in [0.15, 0.2) is 0 Å². The molecule has 0 fully saturated rings. The van der Waals surface area contributed by atoms with Gasteiger partial charge in [-0.25, -0.2) is 0 Å². The van der Waals surface area contributed by atoms with Crippen molar-refractivity contribution in [2.75, 3.05) is 0 Å². The Bertz CT molecular complexity index is 264. The Morgan fingerprint density at radius 1 is 1.33 bits per heavy atom. The van der Waals surface area contributed by atoms with Crippen LogP contribution in [0.2, 0.25) is 0 Å². The van der Waals surface area contributed by atoms with E-state index in [4.69, 9.17) is 0 Å². The second-order valence-corrected chi connectivity index (χ2v) is 3.25. The van der Waals surface area contributed by atoms with Gasteiger partial charge in [-0.15, -0.1) is 12.6 Å². The van der Waals surface area contributed by atoms with Gasteiger partial charge in [-0.2, -0.15) is 0 Å². The fourth-order valence-corrected chi connectivity index (χ4v) is 1.12. The SMILES string of the molecule is CCC(=O)Cc1ccc(S)cc1. The van der Waals surface area contributed by atoms with Gasteiger partial charge in [0.1, 0.15) is 5.78 Å². The molecule has 0 radical (unpaired) electrons. The molecule has 0 amide bonds. The first kappa shape index (κ1) is 9.33. The second kappa shape index (κ2) is 4.31. The standard InChI is InChI=1S/C10H12OS/c1-2-9(11)7-8-3-5-10(12)6-4-8/h3-6,12H,2,7H2,1H3. The van der Waals surface area contributed by atoms with Gasteiger partial charge in [-0.1, -0.05) is 19.1 Å². The van der Waals surface area contributed by atoms with Gasteiger partial charge >= 0.3 is 0 Å². The lowest BCUT2D eigenvalue weighted by Gasteiger charge is -1.98. The Kier molecular flexibility index (Phi) is 3.35. The highest BCUT2D eigenvalue weighted by Crippen LogP contribution is 2.08. The average molecular weight is 180 g/mol. The predicted molar refractivity (Wildman–Crippen MR) is 52.7 cm³/mol. The average Bonchev–Trinajstić information content (AvgIpc) is 2.09. The Morgan fingerprint density at radius 2 is 1.92 bits per heavy atom. The van der Waals surface area contributed by atoms with Crippen LogP contribution in [0.1, 0.15) is 18.9 Å². The van der Waals surface area contributed by atoms with Gasteiger partial charge in [0.05, 0.1) is 0 Å². The first-order valence-electron chi connectivity index (χ1n) is 4.02. The molecule has 0 aliphatic heterocycles. The van der Waals surface area contributed by atoms with E-state index in [0.29, 0.717) is 12.8 Å². The van der Waals surface area contributed by atoms with E-state index in [-0.39, 0.29) is 5.78 Å². The minimum Gasteiger partial charge on any atom is -0.299 e. The normalized spacial score (nSPS) is 9.83.